The van der Waals surface area contributed by atoms with E-state index in [0.717, 1.165) is 60.1 Å². The topological polar surface area (TPSA) is 73.9 Å². The minimum Gasteiger partial charge on any atom is -0.485 e. The molecule has 2 unspecified atom stereocenters. The standard InChI is InChI=1S/C40H24N4O2S/c1-2-10-23(11-3-1)37-42-38(27-14-9-19-33-35(27)26-12-4-6-17-31(26)45-33)44-39(43-37)28-15-8-13-25-29-22-24(20-21-34(29)47-36(25)28)40-41-30-16-5-7-18-32(30)46-40/h1-22,26,31H. The summed E-state index contributed by atoms with van der Waals surface area (Å²) in [6.45, 7) is 0. The van der Waals surface area contributed by atoms with Crippen molar-refractivity contribution in [1.29, 1.82) is 0 Å². The number of allylic oxidation sites excluding steroid dienone is 2. The Morgan fingerprint density at radius 1 is 0.596 bits per heavy atom. The van der Waals surface area contributed by atoms with E-state index in [-0.39, 0.29) is 12.0 Å². The zero-order valence-corrected chi connectivity index (χ0v) is 25.7. The second-order valence-electron chi connectivity index (χ2n) is 11.7. The minimum absolute atomic E-state index is 0.0296. The van der Waals surface area contributed by atoms with Crippen molar-refractivity contribution in [2.24, 2.45) is 0 Å². The van der Waals surface area contributed by atoms with Crippen molar-refractivity contribution in [2.45, 2.75) is 12.0 Å². The van der Waals surface area contributed by atoms with Gasteiger partial charge in [-0.2, -0.15) is 0 Å². The molecule has 8 aromatic rings. The molecule has 1 aliphatic carbocycles. The smallest absolute Gasteiger partial charge is 0.227 e. The third kappa shape index (κ3) is 4.24. The molecular weight excluding hydrogens is 601 g/mol. The van der Waals surface area contributed by atoms with E-state index in [4.69, 9.17) is 29.1 Å². The zero-order chi connectivity index (χ0) is 30.9. The summed E-state index contributed by atoms with van der Waals surface area (Å²) in [5, 5.41) is 2.28. The Hall–Kier alpha value is -5.92. The lowest BCUT2D eigenvalue weighted by Crippen LogP contribution is -2.16. The van der Waals surface area contributed by atoms with Gasteiger partial charge < -0.3 is 9.15 Å². The zero-order valence-electron chi connectivity index (χ0n) is 24.9. The molecule has 5 aromatic carbocycles. The quantitative estimate of drug-likeness (QED) is 0.194. The molecule has 10 rings (SSSR count). The number of nitrogens with zero attached hydrogens (tertiary/aromatic N) is 4. The molecule has 2 aliphatic rings. The fourth-order valence-electron chi connectivity index (χ4n) is 6.73. The highest BCUT2D eigenvalue weighted by Crippen LogP contribution is 2.46. The molecule has 0 bridgehead atoms. The lowest BCUT2D eigenvalue weighted by Gasteiger charge is -2.16. The predicted octanol–water partition coefficient (Wildman–Crippen LogP) is 10.0. The van der Waals surface area contributed by atoms with Crippen LogP contribution in [0.4, 0.5) is 0 Å². The minimum atomic E-state index is -0.0296. The number of para-hydroxylation sites is 2. The Labute approximate surface area is 273 Å². The maximum absolute atomic E-state index is 6.33. The van der Waals surface area contributed by atoms with Crippen LogP contribution < -0.4 is 4.74 Å². The summed E-state index contributed by atoms with van der Waals surface area (Å²) in [4.78, 5) is 20.1. The normalized spacial score (nSPS) is 16.5. The lowest BCUT2D eigenvalue weighted by atomic mass is 9.88. The number of ether oxygens (including phenoxy) is 1. The van der Waals surface area contributed by atoms with E-state index in [9.17, 15) is 0 Å². The van der Waals surface area contributed by atoms with Crippen molar-refractivity contribution < 1.29 is 9.15 Å². The van der Waals surface area contributed by atoms with Gasteiger partial charge in [0.25, 0.3) is 0 Å². The molecule has 4 heterocycles. The Morgan fingerprint density at radius 3 is 2.30 bits per heavy atom. The molecule has 0 N–H and O–H groups in total. The van der Waals surface area contributed by atoms with E-state index in [1.54, 1.807) is 11.3 Å². The van der Waals surface area contributed by atoms with Crippen molar-refractivity contribution in [2.75, 3.05) is 0 Å². The molecule has 0 amide bonds. The van der Waals surface area contributed by atoms with Crippen LogP contribution in [0.25, 0.3) is 76.9 Å². The molecule has 0 saturated heterocycles. The number of thiophene rings is 1. The van der Waals surface area contributed by atoms with E-state index in [2.05, 4.69) is 60.7 Å². The first-order valence-corrected chi connectivity index (χ1v) is 16.4. The van der Waals surface area contributed by atoms with Crippen molar-refractivity contribution in [3.8, 4) is 51.4 Å². The molecule has 3 aromatic heterocycles. The van der Waals surface area contributed by atoms with E-state index < -0.39 is 0 Å². The summed E-state index contributed by atoms with van der Waals surface area (Å²) in [5.74, 6) is 3.50. The number of benzene rings is 5. The molecular formula is C40H24N4O2S. The number of aromatic nitrogens is 4. The summed E-state index contributed by atoms with van der Waals surface area (Å²) in [5.41, 5.74) is 6.55. The highest BCUT2D eigenvalue weighted by Gasteiger charge is 2.35. The number of fused-ring (bicyclic) bond motifs is 7. The molecule has 0 saturated carbocycles. The molecule has 1 aliphatic heterocycles. The first-order valence-electron chi connectivity index (χ1n) is 15.5. The molecule has 0 radical (unpaired) electrons. The van der Waals surface area contributed by atoms with E-state index in [1.807, 2.05) is 72.8 Å². The highest BCUT2D eigenvalue weighted by atomic mass is 32.1. The summed E-state index contributed by atoms with van der Waals surface area (Å²) in [7, 11) is 0. The average Bonchev–Trinajstić information content (AvgIpc) is 3.85. The summed E-state index contributed by atoms with van der Waals surface area (Å²) in [6.07, 6.45) is 8.41. The van der Waals surface area contributed by atoms with Gasteiger partial charge in [-0.1, -0.05) is 85.0 Å². The van der Waals surface area contributed by atoms with Crippen LogP contribution in [0.2, 0.25) is 0 Å². The number of rotatable bonds is 4. The van der Waals surface area contributed by atoms with Crippen LogP contribution in [0, 0.1) is 0 Å². The number of hydrogen-bond acceptors (Lipinski definition) is 7. The molecule has 7 heteroatoms. The Morgan fingerprint density at radius 2 is 1.38 bits per heavy atom. The van der Waals surface area contributed by atoms with Gasteiger partial charge in [-0.05, 0) is 48.5 Å². The fraction of sp³-hybridized carbons (Fsp3) is 0.0500. The third-order valence-electron chi connectivity index (χ3n) is 8.93. The predicted molar refractivity (Wildman–Crippen MR) is 187 cm³/mol. The van der Waals surface area contributed by atoms with Gasteiger partial charge in [0.1, 0.15) is 17.4 Å². The van der Waals surface area contributed by atoms with Crippen LogP contribution in [-0.2, 0) is 0 Å². The second-order valence-corrected chi connectivity index (χ2v) is 12.8. The largest absolute Gasteiger partial charge is 0.485 e. The molecule has 222 valence electrons. The monoisotopic (exact) mass is 624 g/mol. The third-order valence-corrected chi connectivity index (χ3v) is 10.2. The van der Waals surface area contributed by atoms with Crippen molar-refractivity contribution in [1.82, 2.24) is 19.9 Å². The van der Waals surface area contributed by atoms with Gasteiger partial charge >= 0.3 is 0 Å². The Kier molecular flexibility index (Phi) is 5.77. The van der Waals surface area contributed by atoms with E-state index in [1.165, 1.54) is 4.70 Å². The Balaban J connectivity index is 1.16. The SMILES string of the molecule is C1=CC2Oc3cccc(-c4nc(-c5ccccc5)nc(-c5cccc6c5sc5ccc(-c7nc8ccccc8o7)cc56)n4)c3C2C=C1. The summed E-state index contributed by atoms with van der Waals surface area (Å²) in [6, 6.07) is 36.9. The highest BCUT2D eigenvalue weighted by molar-refractivity contribution is 7.26. The second kappa shape index (κ2) is 10.3. The van der Waals surface area contributed by atoms with Crippen LogP contribution in [-0.4, -0.2) is 26.0 Å². The van der Waals surface area contributed by atoms with Gasteiger partial charge in [-0.15, -0.1) is 11.3 Å². The average molecular weight is 625 g/mol. The Bertz CT molecular complexity index is 2550. The van der Waals surface area contributed by atoms with Crippen LogP contribution in [0.15, 0.2) is 138 Å². The molecule has 47 heavy (non-hydrogen) atoms. The van der Waals surface area contributed by atoms with Crippen molar-refractivity contribution in [3.63, 3.8) is 0 Å². The molecule has 0 spiro atoms. The first kappa shape index (κ1) is 26.3. The maximum atomic E-state index is 6.33. The summed E-state index contributed by atoms with van der Waals surface area (Å²) >= 11 is 1.74. The van der Waals surface area contributed by atoms with Gasteiger partial charge in [0.2, 0.25) is 5.89 Å². The van der Waals surface area contributed by atoms with Crippen LogP contribution in [0.3, 0.4) is 0 Å². The van der Waals surface area contributed by atoms with Crippen molar-refractivity contribution in [3.05, 3.63) is 139 Å². The molecule has 0 fully saturated rings. The fourth-order valence-corrected chi connectivity index (χ4v) is 7.92. The van der Waals surface area contributed by atoms with Gasteiger partial charge in [0.15, 0.2) is 23.1 Å². The summed E-state index contributed by atoms with van der Waals surface area (Å²) < 4.78 is 14.7. The molecule has 2 atom stereocenters. The molecule has 6 nitrogen and oxygen atoms in total. The maximum Gasteiger partial charge on any atom is 0.227 e. The van der Waals surface area contributed by atoms with Gasteiger partial charge in [0, 0.05) is 53.9 Å². The van der Waals surface area contributed by atoms with Crippen LogP contribution >= 0.6 is 11.3 Å². The van der Waals surface area contributed by atoms with Gasteiger partial charge in [-0.25, -0.2) is 19.9 Å². The van der Waals surface area contributed by atoms with Crippen LogP contribution in [0.1, 0.15) is 11.5 Å². The van der Waals surface area contributed by atoms with Crippen LogP contribution in [0.5, 0.6) is 5.75 Å². The lowest BCUT2D eigenvalue weighted by molar-refractivity contribution is 0.269. The number of oxazole rings is 1. The number of hydrogen-bond donors (Lipinski definition) is 0. The van der Waals surface area contributed by atoms with Gasteiger partial charge in [0.05, 0.1) is 0 Å². The first-order chi connectivity index (χ1) is 23.3. The van der Waals surface area contributed by atoms with E-state index in [0.29, 0.717) is 23.4 Å². The van der Waals surface area contributed by atoms with Gasteiger partial charge in [-0.3, -0.25) is 0 Å². The van der Waals surface area contributed by atoms with Crippen molar-refractivity contribution >= 4 is 42.6 Å². The van der Waals surface area contributed by atoms with E-state index >= 15 is 0 Å².